The zero-order valence-corrected chi connectivity index (χ0v) is 16.0. The molecule has 1 fully saturated rings. The van der Waals surface area contributed by atoms with E-state index >= 15 is 0 Å². The van der Waals surface area contributed by atoms with Crippen LogP contribution in [0.5, 0.6) is 0 Å². The second-order valence-electron chi connectivity index (χ2n) is 6.52. The van der Waals surface area contributed by atoms with Crippen LogP contribution in [-0.2, 0) is 0 Å². The number of carbonyl (C=O) groups excluding carboxylic acids is 1. The lowest BCUT2D eigenvalue weighted by molar-refractivity contribution is 0.102. The van der Waals surface area contributed by atoms with E-state index in [0.717, 1.165) is 42.6 Å². The SMILES string of the molecule is O=C(Nc1ccccc1)c1ccnc(N2CCN(c3cccc(Cl)c3)CC2)n1. The van der Waals surface area contributed by atoms with Crippen molar-refractivity contribution in [3.05, 3.63) is 77.6 Å². The number of anilines is 3. The summed E-state index contributed by atoms with van der Waals surface area (Å²) in [6, 6.07) is 18.8. The summed E-state index contributed by atoms with van der Waals surface area (Å²) in [4.78, 5) is 25.7. The van der Waals surface area contributed by atoms with Gasteiger partial charge in [0.05, 0.1) is 0 Å². The van der Waals surface area contributed by atoms with Crippen molar-refractivity contribution in [3.63, 3.8) is 0 Å². The van der Waals surface area contributed by atoms with Gasteiger partial charge < -0.3 is 15.1 Å². The van der Waals surface area contributed by atoms with Crippen molar-refractivity contribution in [1.82, 2.24) is 9.97 Å². The fourth-order valence-electron chi connectivity index (χ4n) is 3.18. The number of nitrogens with zero attached hydrogens (tertiary/aromatic N) is 4. The lowest BCUT2D eigenvalue weighted by Gasteiger charge is -2.36. The van der Waals surface area contributed by atoms with Crippen LogP contribution in [0.15, 0.2) is 66.9 Å². The minimum Gasteiger partial charge on any atom is -0.368 e. The molecule has 142 valence electrons. The van der Waals surface area contributed by atoms with Gasteiger partial charge in [-0.05, 0) is 36.4 Å². The quantitative estimate of drug-likeness (QED) is 0.732. The smallest absolute Gasteiger partial charge is 0.274 e. The number of rotatable bonds is 4. The highest BCUT2D eigenvalue weighted by atomic mass is 35.5. The highest BCUT2D eigenvalue weighted by Gasteiger charge is 2.20. The highest BCUT2D eigenvalue weighted by molar-refractivity contribution is 6.30. The van der Waals surface area contributed by atoms with E-state index in [2.05, 4.69) is 31.2 Å². The second kappa shape index (κ2) is 8.27. The van der Waals surface area contributed by atoms with E-state index in [1.165, 1.54) is 0 Å². The molecule has 6 nitrogen and oxygen atoms in total. The zero-order chi connectivity index (χ0) is 19.3. The van der Waals surface area contributed by atoms with E-state index < -0.39 is 0 Å². The maximum absolute atomic E-state index is 12.5. The van der Waals surface area contributed by atoms with Crippen LogP contribution in [0.3, 0.4) is 0 Å². The maximum atomic E-state index is 12.5. The first-order chi connectivity index (χ1) is 13.7. The molecule has 0 aliphatic carbocycles. The highest BCUT2D eigenvalue weighted by Crippen LogP contribution is 2.22. The first kappa shape index (κ1) is 18.3. The average Bonchev–Trinajstić information content (AvgIpc) is 2.75. The van der Waals surface area contributed by atoms with Crippen molar-refractivity contribution in [3.8, 4) is 0 Å². The van der Waals surface area contributed by atoms with E-state index in [4.69, 9.17) is 11.6 Å². The van der Waals surface area contributed by atoms with Crippen molar-refractivity contribution in [2.45, 2.75) is 0 Å². The molecule has 0 unspecified atom stereocenters. The number of piperazine rings is 1. The van der Waals surface area contributed by atoms with Gasteiger partial charge in [0, 0.05) is 48.8 Å². The minimum atomic E-state index is -0.243. The fourth-order valence-corrected chi connectivity index (χ4v) is 3.37. The molecule has 7 heteroatoms. The van der Waals surface area contributed by atoms with Gasteiger partial charge in [-0.3, -0.25) is 4.79 Å². The van der Waals surface area contributed by atoms with Crippen LogP contribution in [0.4, 0.5) is 17.3 Å². The Balaban J connectivity index is 1.42. The summed E-state index contributed by atoms with van der Waals surface area (Å²) in [6.45, 7) is 3.22. The number of halogens is 1. The molecule has 0 saturated carbocycles. The Labute approximate surface area is 168 Å². The number of benzene rings is 2. The summed E-state index contributed by atoms with van der Waals surface area (Å²) in [5, 5.41) is 3.59. The van der Waals surface area contributed by atoms with Crippen LogP contribution in [-0.4, -0.2) is 42.1 Å². The Morgan fingerprint density at radius 1 is 0.929 bits per heavy atom. The third kappa shape index (κ3) is 4.23. The van der Waals surface area contributed by atoms with Crippen LogP contribution < -0.4 is 15.1 Å². The normalized spacial score (nSPS) is 14.0. The molecule has 1 N–H and O–H groups in total. The molecule has 2 aromatic carbocycles. The topological polar surface area (TPSA) is 61.4 Å². The standard InChI is InChI=1S/C21H20ClN5O/c22-16-5-4-8-18(15-16)26-11-13-27(14-12-26)21-23-10-9-19(25-21)20(28)24-17-6-2-1-3-7-17/h1-10,15H,11-14H2,(H,24,28). The number of para-hydroxylation sites is 1. The van der Waals surface area contributed by atoms with Crippen LogP contribution in [0, 0.1) is 0 Å². The summed E-state index contributed by atoms with van der Waals surface area (Å²) in [6.07, 6.45) is 1.63. The Kier molecular flexibility index (Phi) is 5.39. The van der Waals surface area contributed by atoms with Crippen molar-refractivity contribution in [2.75, 3.05) is 41.3 Å². The van der Waals surface area contributed by atoms with E-state index in [9.17, 15) is 4.79 Å². The number of carbonyl (C=O) groups is 1. The molecule has 1 aliphatic heterocycles. The molecule has 0 atom stereocenters. The van der Waals surface area contributed by atoms with Crippen LogP contribution in [0.1, 0.15) is 10.5 Å². The Bertz CT molecular complexity index is 958. The molecule has 0 spiro atoms. The number of hydrogen-bond donors (Lipinski definition) is 1. The summed E-state index contributed by atoms with van der Waals surface area (Å²) in [5.41, 5.74) is 2.21. The molecule has 2 heterocycles. The van der Waals surface area contributed by atoms with Gasteiger partial charge in [-0.15, -0.1) is 0 Å². The molecule has 3 aromatic rings. The molecule has 0 radical (unpaired) electrons. The number of aromatic nitrogens is 2. The Morgan fingerprint density at radius 3 is 2.43 bits per heavy atom. The van der Waals surface area contributed by atoms with Crippen LogP contribution in [0.25, 0.3) is 0 Å². The maximum Gasteiger partial charge on any atom is 0.274 e. The van der Waals surface area contributed by atoms with Crippen molar-refractivity contribution >= 4 is 34.8 Å². The van der Waals surface area contributed by atoms with E-state index in [-0.39, 0.29) is 5.91 Å². The zero-order valence-electron chi connectivity index (χ0n) is 15.3. The third-order valence-corrected chi connectivity index (χ3v) is 4.88. The predicted octanol–water partition coefficient (Wildman–Crippen LogP) is 3.71. The first-order valence-electron chi connectivity index (χ1n) is 9.14. The molecule has 1 aromatic heterocycles. The third-order valence-electron chi connectivity index (χ3n) is 4.64. The lowest BCUT2D eigenvalue weighted by atomic mass is 10.2. The molecular formula is C21H20ClN5O. The van der Waals surface area contributed by atoms with Crippen molar-refractivity contribution < 1.29 is 4.79 Å². The van der Waals surface area contributed by atoms with Gasteiger partial charge in [-0.25, -0.2) is 9.97 Å². The summed E-state index contributed by atoms with van der Waals surface area (Å²) in [7, 11) is 0. The molecular weight excluding hydrogens is 374 g/mol. The fraction of sp³-hybridized carbons (Fsp3) is 0.190. The largest absolute Gasteiger partial charge is 0.368 e. The van der Waals surface area contributed by atoms with Gasteiger partial charge in [0.25, 0.3) is 5.91 Å². The summed E-state index contributed by atoms with van der Waals surface area (Å²) in [5.74, 6) is 0.332. The monoisotopic (exact) mass is 393 g/mol. The van der Waals surface area contributed by atoms with Gasteiger partial charge >= 0.3 is 0 Å². The van der Waals surface area contributed by atoms with Crippen molar-refractivity contribution in [1.29, 1.82) is 0 Å². The molecule has 0 bridgehead atoms. The average molecular weight is 394 g/mol. The van der Waals surface area contributed by atoms with Gasteiger partial charge in [0.15, 0.2) is 0 Å². The number of nitrogens with one attached hydrogen (secondary N) is 1. The van der Waals surface area contributed by atoms with Crippen LogP contribution >= 0.6 is 11.6 Å². The summed E-state index contributed by atoms with van der Waals surface area (Å²) >= 11 is 6.10. The predicted molar refractivity (Wildman–Crippen MR) is 112 cm³/mol. The van der Waals surface area contributed by atoms with Crippen LogP contribution in [0.2, 0.25) is 5.02 Å². The molecule has 1 amide bonds. The number of hydrogen-bond acceptors (Lipinski definition) is 5. The van der Waals surface area contributed by atoms with Gasteiger partial charge in [0.1, 0.15) is 5.69 Å². The first-order valence-corrected chi connectivity index (χ1v) is 9.52. The molecule has 1 saturated heterocycles. The van der Waals surface area contributed by atoms with E-state index in [1.807, 2.05) is 48.5 Å². The van der Waals surface area contributed by atoms with E-state index in [1.54, 1.807) is 12.3 Å². The van der Waals surface area contributed by atoms with Crippen molar-refractivity contribution in [2.24, 2.45) is 0 Å². The number of amides is 1. The summed E-state index contributed by atoms with van der Waals surface area (Å²) < 4.78 is 0. The van der Waals surface area contributed by atoms with Gasteiger partial charge in [0.2, 0.25) is 5.95 Å². The van der Waals surface area contributed by atoms with Gasteiger partial charge in [-0.1, -0.05) is 35.9 Å². The molecule has 1 aliphatic rings. The Morgan fingerprint density at radius 2 is 1.68 bits per heavy atom. The lowest BCUT2D eigenvalue weighted by Crippen LogP contribution is -2.47. The van der Waals surface area contributed by atoms with Gasteiger partial charge in [-0.2, -0.15) is 0 Å². The molecule has 4 rings (SSSR count). The minimum absolute atomic E-state index is 0.243. The molecule has 28 heavy (non-hydrogen) atoms. The van der Waals surface area contributed by atoms with E-state index in [0.29, 0.717) is 11.6 Å². The second-order valence-corrected chi connectivity index (χ2v) is 6.95. The Hall–Kier alpha value is -3.12.